The number of aromatic amines is 2. The second kappa shape index (κ2) is 17.6. The summed E-state index contributed by atoms with van der Waals surface area (Å²) in [5, 5.41) is 4.91. The molecule has 5 aromatic rings. The van der Waals surface area contributed by atoms with Crippen LogP contribution in [0.2, 0.25) is 0 Å². The molecule has 3 N–H and O–H groups in total. The van der Waals surface area contributed by atoms with Crippen molar-refractivity contribution in [2.24, 2.45) is 16.8 Å². The summed E-state index contributed by atoms with van der Waals surface area (Å²) in [7, 11) is 2.69. The van der Waals surface area contributed by atoms with Gasteiger partial charge < -0.3 is 34.7 Å². The number of nitrogens with zero attached hydrogens (tertiary/aromatic N) is 5. The van der Waals surface area contributed by atoms with E-state index in [1.54, 1.807) is 0 Å². The predicted molar refractivity (Wildman–Crippen MR) is 223 cm³/mol. The Morgan fingerprint density at radius 3 is 2.21 bits per heavy atom. The molecule has 2 fully saturated rings. The van der Waals surface area contributed by atoms with E-state index in [1.165, 1.54) is 20.6 Å². The second-order valence-electron chi connectivity index (χ2n) is 15.7. The van der Waals surface area contributed by atoms with Crippen LogP contribution in [0.25, 0.3) is 45.2 Å². The van der Waals surface area contributed by atoms with Crippen LogP contribution in [0.15, 0.2) is 65.8 Å². The van der Waals surface area contributed by atoms with Crippen LogP contribution in [0.4, 0.5) is 4.79 Å². The van der Waals surface area contributed by atoms with Gasteiger partial charge in [-0.15, -0.1) is 0 Å². The normalized spacial score (nSPS) is 18.3. The minimum atomic E-state index is -0.684. The molecule has 58 heavy (non-hydrogen) atoms. The Morgan fingerprint density at radius 2 is 1.50 bits per heavy atom. The van der Waals surface area contributed by atoms with Gasteiger partial charge in [0.15, 0.2) is 0 Å². The molecule has 2 aliphatic heterocycles. The number of carbonyl (C=O) groups excluding carboxylic acids is 3. The quantitative estimate of drug-likeness (QED) is 0.0360. The largest absolute Gasteiger partial charge is 0.453 e. The van der Waals surface area contributed by atoms with Gasteiger partial charge in [-0.2, -0.15) is 4.89 Å². The lowest BCUT2D eigenvalue weighted by Crippen LogP contribution is -2.51. The van der Waals surface area contributed by atoms with Gasteiger partial charge in [0.1, 0.15) is 23.7 Å². The van der Waals surface area contributed by atoms with Gasteiger partial charge in [0.2, 0.25) is 18.2 Å². The minimum absolute atomic E-state index is 0.00961. The van der Waals surface area contributed by atoms with Crippen LogP contribution in [-0.4, -0.2) is 93.4 Å². The van der Waals surface area contributed by atoms with Crippen molar-refractivity contribution in [1.29, 1.82) is 0 Å². The van der Waals surface area contributed by atoms with Crippen molar-refractivity contribution in [2.75, 3.05) is 27.3 Å². The number of imidazole rings is 2. The third kappa shape index (κ3) is 8.61. The van der Waals surface area contributed by atoms with Gasteiger partial charge in [-0.1, -0.05) is 70.2 Å². The van der Waals surface area contributed by atoms with E-state index in [0.717, 1.165) is 81.5 Å². The van der Waals surface area contributed by atoms with Gasteiger partial charge in [-0.3, -0.25) is 9.59 Å². The van der Waals surface area contributed by atoms with E-state index < -0.39 is 18.2 Å². The fourth-order valence-electron chi connectivity index (χ4n) is 8.02. The lowest BCUT2D eigenvalue weighted by atomic mass is 10.0. The van der Waals surface area contributed by atoms with Gasteiger partial charge >= 0.3 is 6.09 Å². The molecule has 14 heteroatoms. The second-order valence-corrected chi connectivity index (χ2v) is 15.7. The fraction of sp³-hybridized carbons (Fsp3) is 0.409. The number of fused-ring (bicyclic) bond motifs is 2. The summed E-state index contributed by atoms with van der Waals surface area (Å²) in [6.45, 7) is 9.00. The number of likely N-dealkylation sites (tertiary alicyclic amines) is 2. The summed E-state index contributed by atoms with van der Waals surface area (Å²) < 4.78 is 4.77. The summed E-state index contributed by atoms with van der Waals surface area (Å²) >= 11 is 0. The Morgan fingerprint density at radius 1 is 0.828 bits per heavy atom. The van der Waals surface area contributed by atoms with Crippen molar-refractivity contribution in [3.05, 3.63) is 83.6 Å². The van der Waals surface area contributed by atoms with Crippen molar-refractivity contribution in [3.8, 4) is 11.3 Å². The van der Waals surface area contributed by atoms with E-state index in [0.29, 0.717) is 13.1 Å². The number of nitrogens with one attached hydrogen (secondary N) is 3. The Bertz CT molecular complexity index is 2330. The van der Waals surface area contributed by atoms with Gasteiger partial charge in [0.05, 0.1) is 49.2 Å². The fourth-order valence-corrected chi connectivity index (χ4v) is 8.02. The Labute approximate surface area is 338 Å². The number of carbonyl (C=O) groups is 3. The average Bonchev–Trinajstić information content (AvgIpc) is 4.06. The number of alkyl carbamates (subject to hydrolysis) is 1. The zero-order chi connectivity index (χ0) is 40.9. The average molecular weight is 789 g/mol. The molecule has 2 aliphatic rings. The third-order valence-corrected chi connectivity index (χ3v) is 11.1. The summed E-state index contributed by atoms with van der Waals surface area (Å²) in [6, 6.07) is 17.2. The highest BCUT2D eigenvalue weighted by atomic mass is 17.2. The van der Waals surface area contributed by atoms with Gasteiger partial charge in [0, 0.05) is 18.7 Å². The Hall–Kier alpha value is -6.02. The molecule has 2 aromatic heterocycles. The minimum Gasteiger partial charge on any atom is -0.453 e. The van der Waals surface area contributed by atoms with E-state index in [1.807, 2.05) is 49.8 Å². The number of aromatic nitrogens is 4. The number of aliphatic imine (C=N–C) groups is 1. The van der Waals surface area contributed by atoms with Crippen LogP contribution in [-0.2, 0) is 24.1 Å². The number of methoxy groups -OCH3 is 1. The van der Waals surface area contributed by atoms with E-state index in [9.17, 15) is 14.4 Å². The van der Waals surface area contributed by atoms with Crippen LogP contribution >= 0.6 is 0 Å². The molecule has 4 atom stereocenters. The van der Waals surface area contributed by atoms with Crippen LogP contribution in [0, 0.1) is 11.8 Å². The molecule has 0 unspecified atom stereocenters. The zero-order valence-electron chi connectivity index (χ0n) is 33.9. The van der Waals surface area contributed by atoms with Gasteiger partial charge in [-0.25, -0.2) is 19.8 Å². The first kappa shape index (κ1) is 40.2. The highest BCUT2D eigenvalue weighted by Crippen LogP contribution is 2.35. The first-order valence-corrected chi connectivity index (χ1v) is 20.0. The molecule has 7 rings (SSSR count). The monoisotopic (exact) mass is 788 g/mol. The maximum atomic E-state index is 13.6. The summed E-state index contributed by atoms with van der Waals surface area (Å²) in [5.74, 6) is 1.22. The van der Waals surface area contributed by atoms with Crippen molar-refractivity contribution in [3.63, 3.8) is 0 Å². The van der Waals surface area contributed by atoms with Crippen molar-refractivity contribution >= 4 is 58.3 Å². The van der Waals surface area contributed by atoms with Crippen LogP contribution in [0.1, 0.15) is 88.2 Å². The van der Waals surface area contributed by atoms with Crippen LogP contribution in [0.5, 0.6) is 0 Å². The maximum Gasteiger partial charge on any atom is 0.407 e. The van der Waals surface area contributed by atoms with E-state index >= 15 is 0 Å². The molecule has 0 aliphatic carbocycles. The topological polar surface area (TPSA) is 167 Å². The van der Waals surface area contributed by atoms with E-state index in [-0.39, 0.29) is 35.7 Å². The molecule has 304 valence electrons. The van der Waals surface area contributed by atoms with Gasteiger partial charge in [-0.05, 0) is 83.7 Å². The van der Waals surface area contributed by atoms with Gasteiger partial charge in [0.25, 0.3) is 0 Å². The molecule has 0 saturated carbocycles. The Kier molecular flexibility index (Phi) is 12.2. The molecule has 0 radical (unpaired) electrons. The molecular formula is C44H52N8O6. The molecule has 2 saturated heterocycles. The summed E-state index contributed by atoms with van der Waals surface area (Å²) in [4.78, 5) is 73.2. The number of benzene rings is 3. The number of amides is 3. The smallest absolute Gasteiger partial charge is 0.407 e. The Balaban J connectivity index is 1.03. The maximum absolute atomic E-state index is 13.6. The molecule has 4 heterocycles. The van der Waals surface area contributed by atoms with E-state index in [4.69, 9.17) is 19.6 Å². The molecule has 3 amide bonds. The predicted octanol–water partition coefficient (Wildman–Crippen LogP) is 7.62. The molecule has 0 bridgehead atoms. The first-order chi connectivity index (χ1) is 28.0. The molecule has 14 nitrogen and oxygen atoms in total. The number of ether oxygens (including phenoxy) is 1. The number of hydrogen-bond donors (Lipinski definition) is 3. The van der Waals surface area contributed by atoms with Crippen LogP contribution in [0.3, 0.4) is 0 Å². The lowest BCUT2D eigenvalue weighted by molar-refractivity contribution is -0.188. The highest BCUT2D eigenvalue weighted by molar-refractivity contribution is 5.90. The van der Waals surface area contributed by atoms with Crippen molar-refractivity contribution in [2.45, 2.75) is 77.5 Å². The van der Waals surface area contributed by atoms with Crippen LogP contribution < -0.4 is 5.32 Å². The number of rotatable bonds is 13. The highest BCUT2D eigenvalue weighted by Gasteiger charge is 2.38. The summed E-state index contributed by atoms with van der Waals surface area (Å²) in [6.07, 6.45) is 9.94. The molecule has 0 spiro atoms. The molecule has 3 aromatic carbocycles. The molecular weight excluding hydrogens is 737 g/mol. The van der Waals surface area contributed by atoms with Crippen molar-refractivity contribution in [1.82, 2.24) is 35.1 Å². The number of H-pyrrole nitrogens is 2. The number of hydrogen-bond acceptors (Lipinski definition) is 9. The van der Waals surface area contributed by atoms with E-state index in [2.05, 4.69) is 85.8 Å². The zero-order valence-corrected chi connectivity index (χ0v) is 33.9. The first-order valence-electron chi connectivity index (χ1n) is 20.0. The summed E-state index contributed by atoms with van der Waals surface area (Å²) in [5.41, 5.74) is 5.74. The SMILES string of the molecule is COOC=N[C@H](C(=O)N1CCC[C@H]1c1nc2ccc(/C=C/c3ccc4cc(-c5cnc([C@@H]6CCCN6C(=O)[C@@H](NC(=O)OC)C(C)C)[nH]5)ccc4c3)cc2[nH]1)C(C)C. The standard InChI is InChI=1S/C44H52N8O6/c1-26(2)38(46-25-58-57-6)42(53)52-20-8-10-37(52)41-47-33-18-14-29(22-34(33)48-41)12-11-28-13-15-31-23-32(17-16-30(31)21-28)35-24-45-40(49-35)36-9-7-19-51(36)43(54)39(27(3)4)50-44(55)56-5/h11-18,21-27,36-39H,7-10,19-20H2,1-6H3,(H,45,49)(H,47,48)(H,50,55)/b12-11+,46-25?/t36-,37-,38-,39-/m0/s1. The third-order valence-electron chi connectivity index (χ3n) is 11.1. The lowest BCUT2D eigenvalue weighted by Gasteiger charge is -2.30. The van der Waals surface area contributed by atoms with Crippen molar-refractivity contribution < 1.29 is 28.9 Å².